The highest BCUT2D eigenvalue weighted by atomic mass is 19.4. The quantitative estimate of drug-likeness (QED) is 0.857. The van der Waals surface area contributed by atoms with E-state index < -0.39 is 12.5 Å². The van der Waals surface area contributed by atoms with Gasteiger partial charge < -0.3 is 9.47 Å². The van der Waals surface area contributed by atoms with Crippen LogP contribution in [0, 0.1) is 0 Å². The highest BCUT2D eigenvalue weighted by Crippen LogP contribution is 2.23. The number of hydrogen-bond donors (Lipinski definition) is 1. The first kappa shape index (κ1) is 12.2. The number of benzene rings is 1. The number of methoxy groups -OCH3 is 1. The molecule has 1 aromatic carbocycles. The summed E-state index contributed by atoms with van der Waals surface area (Å²) in [4.78, 5) is 10.8. The molecule has 88 valence electrons. The smallest absolute Gasteiger partial charge is 0.453 e. The molecule has 0 saturated carbocycles. The molecular weight excluding hydrogens is 227 g/mol. The third kappa shape index (κ3) is 4.07. The van der Waals surface area contributed by atoms with Crippen molar-refractivity contribution in [2.24, 2.45) is 0 Å². The Kier molecular flexibility index (Phi) is 3.60. The SMILES string of the molecule is COC(=O)Nc1ccc(OC(F)(F)F)cc1. The molecule has 0 unspecified atom stereocenters. The van der Waals surface area contributed by atoms with E-state index in [1.165, 1.54) is 19.2 Å². The fourth-order valence-corrected chi connectivity index (χ4v) is 0.909. The molecule has 0 aliphatic heterocycles. The lowest BCUT2D eigenvalue weighted by Gasteiger charge is -2.09. The summed E-state index contributed by atoms with van der Waals surface area (Å²) in [6.07, 6.45) is -5.43. The van der Waals surface area contributed by atoms with Gasteiger partial charge in [-0.25, -0.2) is 4.79 Å². The van der Waals surface area contributed by atoms with E-state index in [0.717, 1.165) is 12.1 Å². The van der Waals surface area contributed by atoms with E-state index in [1.807, 2.05) is 0 Å². The topological polar surface area (TPSA) is 47.6 Å². The zero-order valence-electron chi connectivity index (χ0n) is 8.17. The van der Waals surface area contributed by atoms with Crippen molar-refractivity contribution in [1.29, 1.82) is 0 Å². The molecule has 0 bridgehead atoms. The van der Waals surface area contributed by atoms with Gasteiger partial charge in [-0.05, 0) is 24.3 Å². The number of halogens is 3. The van der Waals surface area contributed by atoms with Crippen molar-refractivity contribution in [2.45, 2.75) is 6.36 Å². The lowest BCUT2D eigenvalue weighted by molar-refractivity contribution is -0.274. The maximum Gasteiger partial charge on any atom is 0.573 e. The number of ether oxygens (including phenoxy) is 2. The Morgan fingerprint density at radius 2 is 1.81 bits per heavy atom. The molecule has 0 aliphatic rings. The molecule has 0 spiro atoms. The number of carbonyl (C=O) groups is 1. The highest BCUT2D eigenvalue weighted by Gasteiger charge is 2.30. The minimum absolute atomic E-state index is 0.307. The number of nitrogens with one attached hydrogen (secondary N) is 1. The maximum absolute atomic E-state index is 11.8. The van der Waals surface area contributed by atoms with E-state index in [2.05, 4.69) is 14.8 Å². The molecule has 0 atom stereocenters. The largest absolute Gasteiger partial charge is 0.573 e. The summed E-state index contributed by atoms with van der Waals surface area (Å²) >= 11 is 0. The first-order chi connectivity index (χ1) is 7.40. The van der Waals surface area contributed by atoms with Crippen molar-refractivity contribution in [1.82, 2.24) is 0 Å². The molecule has 7 heteroatoms. The van der Waals surface area contributed by atoms with Crippen LogP contribution in [0.1, 0.15) is 0 Å². The van der Waals surface area contributed by atoms with Crippen molar-refractivity contribution in [3.63, 3.8) is 0 Å². The predicted molar refractivity (Wildman–Crippen MR) is 49.2 cm³/mol. The van der Waals surface area contributed by atoms with Crippen molar-refractivity contribution in [2.75, 3.05) is 12.4 Å². The Morgan fingerprint density at radius 1 is 1.25 bits per heavy atom. The summed E-state index contributed by atoms with van der Waals surface area (Å²) in [6.45, 7) is 0. The van der Waals surface area contributed by atoms with Crippen LogP contribution in [0.25, 0.3) is 0 Å². The molecule has 0 saturated heterocycles. The van der Waals surface area contributed by atoms with Crippen LogP contribution in [0.2, 0.25) is 0 Å². The summed E-state index contributed by atoms with van der Waals surface area (Å²) in [5.41, 5.74) is 0.307. The van der Waals surface area contributed by atoms with E-state index in [1.54, 1.807) is 0 Å². The van der Waals surface area contributed by atoms with Gasteiger partial charge in [0.25, 0.3) is 0 Å². The zero-order chi connectivity index (χ0) is 12.2. The molecule has 1 amide bonds. The molecular formula is C9H8F3NO3. The third-order valence-corrected chi connectivity index (χ3v) is 1.52. The third-order valence-electron chi connectivity index (χ3n) is 1.52. The zero-order valence-corrected chi connectivity index (χ0v) is 8.17. The monoisotopic (exact) mass is 235 g/mol. The average Bonchev–Trinajstić information content (AvgIpc) is 2.18. The normalized spacial score (nSPS) is 10.8. The van der Waals surface area contributed by atoms with Gasteiger partial charge in [-0.2, -0.15) is 0 Å². The first-order valence-corrected chi connectivity index (χ1v) is 4.11. The van der Waals surface area contributed by atoms with Crippen molar-refractivity contribution >= 4 is 11.8 Å². The van der Waals surface area contributed by atoms with E-state index >= 15 is 0 Å². The second-order valence-electron chi connectivity index (χ2n) is 2.69. The molecule has 0 aliphatic carbocycles. The fraction of sp³-hybridized carbons (Fsp3) is 0.222. The Balaban J connectivity index is 2.64. The van der Waals surface area contributed by atoms with E-state index in [0.29, 0.717) is 5.69 Å². The summed E-state index contributed by atoms with van der Waals surface area (Å²) in [6, 6.07) is 4.69. The predicted octanol–water partition coefficient (Wildman–Crippen LogP) is 2.76. The molecule has 0 aromatic heterocycles. The molecule has 0 heterocycles. The summed E-state index contributed by atoms with van der Waals surface area (Å²) < 4.78 is 43.3. The second kappa shape index (κ2) is 4.73. The molecule has 1 aromatic rings. The number of rotatable bonds is 2. The Hall–Kier alpha value is -1.92. The lowest BCUT2D eigenvalue weighted by atomic mass is 10.3. The highest BCUT2D eigenvalue weighted by molar-refractivity contribution is 5.84. The Bertz CT molecular complexity index is 361. The summed E-state index contributed by atoms with van der Waals surface area (Å²) in [7, 11) is 1.18. The van der Waals surface area contributed by atoms with Crippen LogP contribution in [-0.2, 0) is 4.74 Å². The second-order valence-corrected chi connectivity index (χ2v) is 2.69. The Morgan fingerprint density at radius 3 is 2.25 bits per heavy atom. The van der Waals surface area contributed by atoms with Crippen molar-refractivity contribution in [3.05, 3.63) is 24.3 Å². The van der Waals surface area contributed by atoms with Gasteiger partial charge in [-0.1, -0.05) is 0 Å². The van der Waals surface area contributed by atoms with Crippen LogP contribution in [0.5, 0.6) is 5.75 Å². The minimum atomic E-state index is -4.72. The number of amides is 1. The number of hydrogen-bond acceptors (Lipinski definition) is 3. The lowest BCUT2D eigenvalue weighted by Crippen LogP contribution is -2.17. The van der Waals surface area contributed by atoms with Crippen LogP contribution in [0.15, 0.2) is 24.3 Å². The standard InChI is InChI=1S/C9H8F3NO3/c1-15-8(14)13-6-2-4-7(5-3-6)16-9(10,11)12/h2-5H,1H3,(H,13,14). The molecule has 16 heavy (non-hydrogen) atoms. The van der Waals surface area contributed by atoms with Crippen molar-refractivity contribution in [3.8, 4) is 5.75 Å². The van der Waals surface area contributed by atoms with Crippen LogP contribution in [0.3, 0.4) is 0 Å². The van der Waals surface area contributed by atoms with Gasteiger partial charge >= 0.3 is 12.5 Å². The summed E-state index contributed by atoms with van der Waals surface area (Å²) in [5.74, 6) is -0.358. The van der Waals surface area contributed by atoms with Crippen molar-refractivity contribution < 1.29 is 27.4 Å². The average molecular weight is 235 g/mol. The number of alkyl halides is 3. The molecule has 1 rings (SSSR count). The van der Waals surface area contributed by atoms with Crippen LogP contribution < -0.4 is 10.1 Å². The van der Waals surface area contributed by atoms with Gasteiger partial charge in [0.2, 0.25) is 0 Å². The first-order valence-electron chi connectivity index (χ1n) is 4.11. The minimum Gasteiger partial charge on any atom is -0.453 e. The fourth-order valence-electron chi connectivity index (χ4n) is 0.909. The van der Waals surface area contributed by atoms with Gasteiger partial charge in [0.05, 0.1) is 7.11 Å². The Labute approximate surface area is 89.0 Å². The van der Waals surface area contributed by atoms with Gasteiger partial charge in [0, 0.05) is 5.69 Å². The van der Waals surface area contributed by atoms with Crippen LogP contribution in [-0.4, -0.2) is 19.6 Å². The van der Waals surface area contributed by atoms with E-state index in [9.17, 15) is 18.0 Å². The van der Waals surface area contributed by atoms with Gasteiger partial charge in [0.15, 0.2) is 0 Å². The molecule has 0 fully saturated rings. The van der Waals surface area contributed by atoms with Crippen LogP contribution >= 0.6 is 0 Å². The van der Waals surface area contributed by atoms with Gasteiger partial charge in [-0.3, -0.25) is 5.32 Å². The molecule has 0 radical (unpaired) electrons. The summed E-state index contributed by atoms with van der Waals surface area (Å²) in [5, 5.41) is 2.28. The maximum atomic E-state index is 11.8. The van der Waals surface area contributed by atoms with E-state index in [4.69, 9.17) is 0 Å². The van der Waals surface area contributed by atoms with Gasteiger partial charge in [0.1, 0.15) is 5.75 Å². The molecule has 1 N–H and O–H groups in total. The van der Waals surface area contributed by atoms with E-state index in [-0.39, 0.29) is 5.75 Å². The van der Waals surface area contributed by atoms with Crippen LogP contribution in [0.4, 0.5) is 23.7 Å². The number of anilines is 1. The number of carbonyl (C=O) groups excluding carboxylic acids is 1. The molecule has 4 nitrogen and oxygen atoms in total. The van der Waals surface area contributed by atoms with Gasteiger partial charge in [-0.15, -0.1) is 13.2 Å².